The zero-order valence-electron chi connectivity index (χ0n) is 17.2. The van der Waals surface area contributed by atoms with Gasteiger partial charge in [-0.25, -0.2) is 0 Å². The van der Waals surface area contributed by atoms with Gasteiger partial charge in [-0.15, -0.1) is 0 Å². The molecule has 0 aromatic heterocycles. The third-order valence-corrected chi connectivity index (χ3v) is 7.44. The maximum atomic E-state index is 13.0. The average Bonchev–Trinajstić information content (AvgIpc) is 2.42. The van der Waals surface area contributed by atoms with E-state index in [-0.39, 0.29) is 21.7 Å². The van der Waals surface area contributed by atoms with E-state index in [1.165, 1.54) is 6.42 Å². The van der Waals surface area contributed by atoms with E-state index < -0.39 is 5.60 Å². The van der Waals surface area contributed by atoms with Gasteiger partial charge in [0.2, 0.25) is 0 Å². The molecule has 4 saturated carbocycles. The van der Waals surface area contributed by atoms with Crippen LogP contribution in [0.5, 0.6) is 0 Å². The Balaban J connectivity index is 0.00000100. The van der Waals surface area contributed by atoms with Crippen molar-refractivity contribution in [3.05, 3.63) is 0 Å². The molecule has 2 unspecified atom stereocenters. The molecule has 0 aromatic carbocycles. The first-order valence-corrected chi connectivity index (χ1v) is 10.2. The molecule has 0 heterocycles. The monoisotopic (exact) mass is 336 g/mol. The fourth-order valence-corrected chi connectivity index (χ4v) is 7.26. The van der Waals surface area contributed by atoms with Crippen molar-refractivity contribution in [3.8, 4) is 0 Å². The van der Waals surface area contributed by atoms with Gasteiger partial charge in [-0.3, -0.25) is 4.79 Å². The first-order valence-electron chi connectivity index (χ1n) is 10.2. The maximum Gasteiger partial charge on any atom is 0.139 e. The van der Waals surface area contributed by atoms with E-state index in [1.54, 1.807) is 0 Å². The number of rotatable bonds is 5. The Morgan fingerprint density at radius 3 is 1.75 bits per heavy atom. The molecule has 4 aliphatic rings. The van der Waals surface area contributed by atoms with Gasteiger partial charge in [-0.05, 0) is 67.6 Å². The van der Waals surface area contributed by atoms with Gasteiger partial charge < -0.3 is 5.11 Å². The van der Waals surface area contributed by atoms with E-state index in [2.05, 4.69) is 34.6 Å². The van der Waals surface area contributed by atoms with Gasteiger partial charge in [0.25, 0.3) is 0 Å². The van der Waals surface area contributed by atoms with Crippen LogP contribution in [0.25, 0.3) is 0 Å². The molecule has 4 aliphatic carbocycles. The molecule has 0 spiro atoms. The van der Waals surface area contributed by atoms with Gasteiger partial charge in [0.05, 0.1) is 5.60 Å². The van der Waals surface area contributed by atoms with Crippen molar-refractivity contribution in [1.29, 1.82) is 0 Å². The van der Waals surface area contributed by atoms with Crippen molar-refractivity contribution in [1.82, 2.24) is 0 Å². The summed E-state index contributed by atoms with van der Waals surface area (Å²) in [5.74, 6) is 0.440. The Labute approximate surface area is 149 Å². The number of hydrogen-bond acceptors (Lipinski definition) is 2. The van der Waals surface area contributed by atoms with E-state index in [0.29, 0.717) is 12.2 Å². The van der Waals surface area contributed by atoms with Crippen LogP contribution in [0.1, 0.15) is 106 Å². The lowest BCUT2D eigenvalue weighted by Crippen LogP contribution is -2.63. The van der Waals surface area contributed by atoms with Crippen LogP contribution in [0.3, 0.4) is 0 Å². The summed E-state index contributed by atoms with van der Waals surface area (Å²) in [5, 5.41) is 11.1. The van der Waals surface area contributed by atoms with Crippen LogP contribution in [0.2, 0.25) is 0 Å². The minimum absolute atomic E-state index is 0.0652. The topological polar surface area (TPSA) is 37.3 Å². The molecular weight excluding hydrogens is 296 g/mol. The molecule has 0 aliphatic heterocycles. The second-order valence-electron chi connectivity index (χ2n) is 10.3. The number of carbonyl (C=O) groups is 1. The molecule has 24 heavy (non-hydrogen) atoms. The van der Waals surface area contributed by atoms with E-state index in [1.807, 2.05) is 13.8 Å². The summed E-state index contributed by atoms with van der Waals surface area (Å²) in [5.41, 5.74) is -0.127. The van der Waals surface area contributed by atoms with E-state index >= 15 is 0 Å². The van der Waals surface area contributed by atoms with Gasteiger partial charge in [0.1, 0.15) is 5.78 Å². The predicted molar refractivity (Wildman–Crippen MR) is 101 cm³/mol. The molecule has 2 heteroatoms. The van der Waals surface area contributed by atoms with Crippen LogP contribution < -0.4 is 0 Å². The van der Waals surface area contributed by atoms with Crippen molar-refractivity contribution >= 4 is 5.78 Å². The van der Waals surface area contributed by atoms with Crippen LogP contribution in [0.4, 0.5) is 0 Å². The van der Waals surface area contributed by atoms with Gasteiger partial charge >= 0.3 is 0 Å². The van der Waals surface area contributed by atoms with E-state index in [9.17, 15) is 9.90 Å². The zero-order chi connectivity index (χ0) is 18.4. The number of aliphatic hydroxyl groups is 1. The molecule has 4 rings (SSSR count). The van der Waals surface area contributed by atoms with Crippen molar-refractivity contribution in [2.45, 2.75) is 112 Å². The van der Waals surface area contributed by atoms with E-state index in [4.69, 9.17) is 0 Å². The molecule has 0 amide bonds. The van der Waals surface area contributed by atoms with Gasteiger partial charge in [0, 0.05) is 11.8 Å². The fourth-order valence-electron chi connectivity index (χ4n) is 7.26. The van der Waals surface area contributed by atoms with Crippen LogP contribution in [-0.2, 0) is 4.79 Å². The summed E-state index contributed by atoms with van der Waals surface area (Å²) in [7, 11) is 0. The van der Waals surface area contributed by atoms with Crippen molar-refractivity contribution in [3.63, 3.8) is 0 Å². The summed E-state index contributed by atoms with van der Waals surface area (Å²) in [6.45, 7) is 15.1. The van der Waals surface area contributed by atoms with Crippen LogP contribution in [0, 0.1) is 21.7 Å². The highest BCUT2D eigenvalue weighted by Gasteiger charge is 2.65. The van der Waals surface area contributed by atoms with Crippen molar-refractivity contribution < 1.29 is 9.90 Å². The Bertz CT molecular complexity index is 435. The molecule has 0 radical (unpaired) electrons. The predicted octanol–water partition coefficient (Wildman–Crippen LogP) is 5.91. The number of Topliss-reactive ketones (excluding diaryl/α,β-unsaturated/α-hetero) is 1. The summed E-state index contributed by atoms with van der Waals surface area (Å²) >= 11 is 0. The third kappa shape index (κ3) is 3.32. The molecule has 2 atom stereocenters. The quantitative estimate of drug-likeness (QED) is 0.677. The molecule has 140 valence electrons. The maximum absolute atomic E-state index is 13.0. The third-order valence-electron chi connectivity index (χ3n) is 7.44. The Kier molecular flexibility index (Phi) is 5.08. The Morgan fingerprint density at radius 1 is 0.917 bits per heavy atom. The standard InChI is InChI=1S/C20H34O2.C2H6/c1-6-18(5,7-2)15(21)8-19-10-16(3)9-17(4,11-19)13-20(22,12-16)14-19;1-2/h22H,6-14H2,1-5H3;1-2H3. The molecule has 2 nitrogen and oxygen atoms in total. The summed E-state index contributed by atoms with van der Waals surface area (Å²) < 4.78 is 0. The second-order valence-corrected chi connectivity index (χ2v) is 10.3. The molecule has 0 saturated heterocycles. The highest BCUT2D eigenvalue weighted by Crippen LogP contribution is 2.71. The summed E-state index contributed by atoms with van der Waals surface area (Å²) in [4.78, 5) is 13.0. The lowest BCUT2D eigenvalue weighted by atomic mass is 9.38. The number of hydrogen-bond donors (Lipinski definition) is 1. The molecule has 4 fully saturated rings. The second kappa shape index (κ2) is 6.11. The highest BCUT2D eigenvalue weighted by molar-refractivity contribution is 5.85. The van der Waals surface area contributed by atoms with Crippen LogP contribution in [-0.4, -0.2) is 16.5 Å². The van der Waals surface area contributed by atoms with E-state index in [0.717, 1.165) is 44.9 Å². The number of ketones is 1. The zero-order valence-corrected chi connectivity index (χ0v) is 17.2. The molecule has 0 aromatic rings. The molecule has 4 bridgehead atoms. The first kappa shape index (κ1) is 19.9. The van der Waals surface area contributed by atoms with Crippen LogP contribution in [0.15, 0.2) is 0 Å². The van der Waals surface area contributed by atoms with Crippen molar-refractivity contribution in [2.24, 2.45) is 21.7 Å². The van der Waals surface area contributed by atoms with Crippen LogP contribution >= 0.6 is 0 Å². The van der Waals surface area contributed by atoms with Crippen molar-refractivity contribution in [2.75, 3.05) is 0 Å². The normalized spacial score (nSPS) is 43.3. The SMILES string of the molecule is CC.CCC(C)(CC)C(=O)CC12CC3(C)CC(C)(CC(O)(C3)C1)C2. The molecule has 1 N–H and O–H groups in total. The minimum atomic E-state index is -0.507. The van der Waals surface area contributed by atoms with Gasteiger partial charge in [-0.2, -0.15) is 0 Å². The Morgan fingerprint density at radius 2 is 1.38 bits per heavy atom. The average molecular weight is 337 g/mol. The minimum Gasteiger partial charge on any atom is -0.390 e. The van der Waals surface area contributed by atoms with Gasteiger partial charge in [-0.1, -0.05) is 48.5 Å². The highest BCUT2D eigenvalue weighted by atomic mass is 16.3. The summed E-state index contributed by atoms with van der Waals surface area (Å²) in [6.07, 6.45) is 8.83. The summed E-state index contributed by atoms with van der Waals surface area (Å²) in [6, 6.07) is 0. The largest absolute Gasteiger partial charge is 0.390 e. The number of carbonyl (C=O) groups excluding carboxylic acids is 1. The fraction of sp³-hybridized carbons (Fsp3) is 0.955. The lowest BCUT2D eigenvalue weighted by molar-refractivity contribution is -0.226. The smallest absolute Gasteiger partial charge is 0.139 e. The Hall–Kier alpha value is -0.370. The lowest BCUT2D eigenvalue weighted by Gasteiger charge is -2.68. The van der Waals surface area contributed by atoms with Gasteiger partial charge in [0.15, 0.2) is 0 Å². The first-order chi connectivity index (χ1) is 11.0. The molecular formula is C22H40O2.